The average molecular weight is 798 g/mol. The Kier molecular flexibility index (Phi) is 14.3. The number of aromatic nitrogens is 3. The van der Waals surface area contributed by atoms with Gasteiger partial charge in [-0.1, -0.05) is 58.0 Å². The fourth-order valence-electron chi connectivity index (χ4n) is 6.85. The van der Waals surface area contributed by atoms with Gasteiger partial charge in [-0.3, -0.25) is 28.8 Å². The Hall–Kier alpha value is -6.19. The maximum absolute atomic E-state index is 14.4. The largest absolute Gasteiger partial charge is 0.497 e. The molecule has 4 aromatic rings. The van der Waals surface area contributed by atoms with E-state index in [1.165, 1.54) is 24.3 Å². The molecule has 58 heavy (non-hydrogen) atoms. The van der Waals surface area contributed by atoms with E-state index >= 15 is 0 Å². The van der Waals surface area contributed by atoms with Gasteiger partial charge in [-0.05, 0) is 54.5 Å². The number of para-hydroxylation sites is 1. The monoisotopic (exact) mass is 797 g/mol. The highest BCUT2D eigenvalue weighted by molar-refractivity contribution is 5.98. The standard InChI is InChI=1S/C42H55N9O7/c1-24(2)16-32-40(55)48-33(17-27-12-14-29(58-7)15-13-27)39(54)45-26(5)38(53)49-35(25(3)4)21-51(42(57)36-20-50(6)23-44-36)22-37(52)46-34(41(56)47-32)18-28-19-43-31-11-9-8-10-30(28)31/h8-15,19-20,23-26,32-35,43H,16-18,21-22H2,1-7H3,(H,45,54)(H,46,52)(H,47,56)(H,48,55)(H,49,53)/t26-,32+,33+,34-,35-/m1/s1. The average Bonchev–Trinajstić information content (AvgIpc) is 3.81. The van der Waals surface area contributed by atoms with Crippen molar-refractivity contribution in [3.05, 3.63) is 84.1 Å². The first kappa shape index (κ1) is 42.9. The number of carbonyl (C=O) groups excluding carboxylic acids is 6. The van der Waals surface area contributed by atoms with E-state index in [9.17, 15) is 28.8 Å². The number of carbonyl (C=O) groups is 6. The number of imidazole rings is 1. The molecule has 2 aromatic carbocycles. The van der Waals surface area contributed by atoms with Crippen LogP contribution >= 0.6 is 0 Å². The van der Waals surface area contributed by atoms with E-state index in [0.29, 0.717) is 11.3 Å². The van der Waals surface area contributed by atoms with Crippen LogP contribution in [0.15, 0.2) is 67.3 Å². The molecule has 1 aliphatic rings. The summed E-state index contributed by atoms with van der Waals surface area (Å²) in [6, 6.07) is 9.44. The molecule has 0 unspecified atom stereocenters. The Morgan fingerprint density at radius 1 is 0.828 bits per heavy atom. The van der Waals surface area contributed by atoms with Crippen molar-refractivity contribution in [3.8, 4) is 5.75 Å². The summed E-state index contributed by atoms with van der Waals surface area (Å²) in [5, 5.41) is 15.1. The molecule has 3 heterocycles. The maximum atomic E-state index is 14.4. The third-order valence-corrected chi connectivity index (χ3v) is 10.2. The zero-order chi connectivity index (χ0) is 42.1. The van der Waals surface area contributed by atoms with E-state index in [4.69, 9.17) is 4.74 Å². The van der Waals surface area contributed by atoms with Crippen molar-refractivity contribution in [2.45, 2.75) is 84.1 Å². The van der Waals surface area contributed by atoms with Gasteiger partial charge in [0.1, 0.15) is 35.6 Å². The lowest BCUT2D eigenvalue weighted by molar-refractivity contribution is -0.135. The molecule has 1 aliphatic heterocycles. The van der Waals surface area contributed by atoms with E-state index in [1.54, 1.807) is 49.2 Å². The zero-order valence-electron chi connectivity index (χ0n) is 34.1. The number of fused-ring (bicyclic) bond motifs is 1. The first-order valence-electron chi connectivity index (χ1n) is 19.6. The van der Waals surface area contributed by atoms with E-state index in [-0.39, 0.29) is 43.3 Å². The fourth-order valence-corrected chi connectivity index (χ4v) is 6.85. The summed E-state index contributed by atoms with van der Waals surface area (Å²) in [4.78, 5) is 92.9. The van der Waals surface area contributed by atoms with Crippen molar-refractivity contribution in [2.24, 2.45) is 18.9 Å². The second kappa shape index (κ2) is 19.3. The number of rotatable bonds is 9. The number of amides is 6. The van der Waals surface area contributed by atoms with Crippen LogP contribution in [-0.4, -0.2) is 105 Å². The van der Waals surface area contributed by atoms with Gasteiger partial charge in [-0.25, -0.2) is 4.98 Å². The van der Waals surface area contributed by atoms with Crippen molar-refractivity contribution >= 4 is 46.3 Å². The fraction of sp³-hybridized carbons (Fsp3) is 0.452. The smallest absolute Gasteiger partial charge is 0.274 e. The zero-order valence-corrected chi connectivity index (χ0v) is 34.1. The minimum Gasteiger partial charge on any atom is -0.497 e. The molecule has 16 nitrogen and oxygen atoms in total. The van der Waals surface area contributed by atoms with E-state index in [2.05, 4.69) is 36.6 Å². The van der Waals surface area contributed by atoms with Gasteiger partial charge in [-0.15, -0.1) is 0 Å². The van der Waals surface area contributed by atoms with Crippen LogP contribution < -0.4 is 31.3 Å². The molecule has 0 saturated carbocycles. The highest BCUT2D eigenvalue weighted by Gasteiger charge is 2.34. The molecular weight excluding hydrogens is 743 g/mol. The number of aryl methyl sites for hydroxylation is 1. The number of hydrogen-bond donors (Lipinski definition) is 6. The third-order valence-electron chi connectivity index (χ3n) is 10.2. The molecular formula is C42H55N9O7. The molecule has 310 valence electrons. The van der Waals surface area contributed by atoms with Crippen molar-refractivity contribution in [2.75, 3.05) is 20.2 Å². The summed E-state index contributed by atoms with van der Waals surface area (Å²) in [5.74, 6) is -3.24. The lowest BCUT2D eigenvalue weighted by atomic mass is 9.99. The lowest BCUT2D eigenvalue weighted by Gasteiger charge is -2.32. The van der Waals surface area contributed by atoms with Gasteiger partial charge < -0.3 is 45.8 Å². The summed E-state index contributed by atoms with van der Waals surface area (Å²) in [7, 11) is 3.25. The summed E-state index contributed by atoms with van der Waals surface area (Å²) < 4.78 is 6.89. The van der Waals surface area contributed by atoms with Gasteiger partial charge in [0.15, 0.2) is 0 Å². The normalized spacial score (nSPS) is 21.8. The number of nitrogens with zero attached hydrogens (tertiary/aromatic N) is 3. The van der Waals surface area contributed by atoms with Crippen molar-refractivity contribution < 1.29 is 33.5 Å². The van der Waals surface area contributed by atoms with Gasteiger partial charge in [0.2, 0.25) is 29.5 Å². The van der Waals surface area contributed by atoms with Gasteiger partial charge in [0.05, 0.1) is 20.0 Å². The molecule has 1 saturated heterocycles. The Balaban J connectivity index is 1.54. The number of aromatic amines is 1. The predicted molar refractivity (Wildman–Crippen MR) is 217 cm³/mol. The van der Waals surface area contributed by atoms with Crippen LogP contribution in [0.4, 0.5) is 0 Å². The summed E-state index contributed by atoms with van der Waals surface area (Å²) in [6.07, 6.45) is 5.10. The minimum atomic E-state index is -1.18. The molecule has 5 atom stereocenters. The molecule has 2 aromatic heterocycles. The third kappa shape index (κ3) is 11.2. The topological polar surface area (TPSA) is 209 Å². The summed E-state index contributed by atoms with van der Waals surface area (Å²) in [5.41, 5.74) is 2.39. The summed E-state index contributed by atoms with van der Waals surface area (Å²) >= 11 is 0. The molecule has 0 spiro atoms. The molecule has 5 rings (SSSR count). The molecule has 0 bridgehead atoms. The van der Waals surface area contributed by atoms with Crippen molar-refractivity contribution in [1.82, 2.24) is 46.0 Å². The van der Waals surface area contributed by atoms with Crippen LogP contribution in [0.2, 0.25) is 0 Å². The van der Waals surface area contributed by atoms with Crippen molar-refractivity contribution in [1.29, 1.82) is 0 Å². The van der Waals surface area contributed by atoms with Gasteiger partial charge in [0, 0.05) is 55.8 Å². The number of H-pyrrole nitrogens is 1. The molecule has 1 fully saturated rings. The first-order valence-corrected chi connectivity index (χ1v) is 19.6. The lowest BCUT2D eigenvalue weighted by Crippen LogP contribution is -2.60. The molecule has 0 aliphatic carbocycles. The highest BCUT2D eigenvalue weighted by Crippen LogP contribution is 2.20. The maximum Gasteiger partial charge on any atom is 0.274 e. The highest BCUT2D eigenvalue weighted by atomic mass is 16.5. The van der Waals surface area contributed by atoms with Crippen LogP contribution in [0.1, 0.15) is 62.7 Å². The van der Waals surface area contributed by atoms with Gasteiger partial charge in [-0.2, -0.15) is 0 Å². The Bertz CT molecular complexity index is 2090. The number of benzene rings is 2. The number of hydrogen-bond acceptors (Lipinski definition) is 8. The van der Waals surface area contributed by atoms with Crippen LogP contribution in [0.5, 0.6) is 5.75 Å². The van der Waals surface area contributed by atoms with Crippen LogP contribution in [0, 0.1) is 11.8 Å². The first-order chi connectivity index (χ1) is 27.6. The minimum absolute atomic E-state index is 0.0524. The van der Waals surface area contributed by atoms with Crippen LogP contribution in [0.3, 0.4) is 0 Å². The quantitative estimate of drug-likeness (QED) is 0.147. The predicted octanol–water partition coefficient (Wildman–Crippen LogP) is 2.00. The molecule has 16 heteroatoms. The molecule has 6 N–H and O–H groups in total. The Labute approximate surface area is 338 Å². The SMILES string of the molecule is COc1ccc(C[C@@H]2NC(=O)[C@H](CC(C)C)NC(=O)[C@@H](Cc3c[nH]c4ccccc34)NC(=O)CN(C(=O)c3cn(C)cn3)C[C@H](C(C)C)NC(=O)[C@@H](C)NC2=O)cc1. The second-order valence-corrected chi connectivity index (χ2v) is 15.7. The molecule has 6 amide bonds. The van der Waals surface area contributed by atoms with E-state index < -0.39 is 72.2 Å². The van der Waals surface area contributed by atoms with E-state index in [0.717, 1.165) is 16.5 Å². The Morgan fingerprint density at radius 2 is 1.48 bits per heavy atom. The van der Waals surface area contributed by atoms with Gasteiger partial charge in [0.25, 0.3) is 5.91 Å². The van der Waals surface area contributed by atoms with Crippen molar-refractivity contribution in [3.63, 3.8) is 0 Å². The number of nitrogens with one attached hydrogen (secondary N) is 6. The van der Waals surface area contributed by atoms with E-state index in [1.807, 2.05) is 52.0 Å². The van der Waals surface area contributed by atoms with Crippen LogP contribution in [0.25, 0.3) is 10.9 Å². The second-order valence-electron chi connectivity index (χ2n) is 15.7. The van der Waals surface area contributed by atoms with Crippen LogP contribution in [-0.2, 0) is 43.9 Å². The number of ether oxygens (including phenoxy) is 1. The van der Waals surface area contributed by atoms with Gasteiger partial charge >= 0.3 is 0 Å². The summed E-state index contributed by atoms with van der Waals surface area (Å²) in [6.45, 7) is 8.49. The number of methoxy groups -OCH3 is 1. The molecule has 0 radical (unpaired) electrons. The Morgan fingerprint density at radius 3 is 2.14 bits per heavy atom.